The van der Waals surface area contributed by atoms with E-state index in [0.29, 0.717) is 18.2 Å². The summed E-state index contributed by atoms with van der Waals surface area (Å²) in [4.78, 5) is 4.03. The van der Waals surface area contributed by atoms with Gasteiger partial charge in [-0.2, -0.15) is 0 Å². The van der Waals surface area contributed by atoms with E-state index in [1.54, 1.807) is 12.3 Å². The second-order valence-corrected chi connectivity index (χ2v) is 4.96. The fraction of sp³-hybridized carbons (Fsp3) is 0.267. The van der Waals surface area contributed by atoms with Gasteiger partial charge in [0, 0.05) is 36.1 Å². The molecule has 0 radical (unpaired) electrons. The highest BCUT2D eigenvalue weighted by atomic mass is 19.2. The van der Waals surface area contributed by atoms with Gasteiger partial charge in [-0.15, -0.1) is 0 Å². The van der Waals surface area contributed by atoms with E-state index >= 15 is 0 Å². The van der Waals surface area contributed by atoms with Crippen molar-refractivity contribution in [2.24, 2.45) is 0 Å². The number of hydrogen-bond acceptors (Lipinski definition) is 2. The summed E-state index contributed by atoms with van der Waals surface area (Å²) in [5, 5.41) is 3.32. The van der Waals surface area contributed by atoms with E-state index in [2.05, 4.69) is 10.3 Å². The van der Waals surface area contributed by atoms with Crippen LogP contribution in [0.5, 0.6) is 0 Å². The van der Waals surface area contributed by atoms with E-state index in [4.69, 9.17) is 0 Å². The van der Waals surface area contributed by atoms with Crippen LogP contribution in [0.2, 0.25) is 0 Å². The number of nitrogens with one attached hydrogen (secondary N) is 1. The molecule has 1 aromatic carbocycles. The predicted molar refractivity (Wildman–Crippen MR) is 69.4 cm³/mol. The Morgan fingerprint density at radius 3 is 2.65 bits per heavy atom. The zero-order valence-corrected chi connectivity index (χ0v) is 10.7. The third-order valence-corrected chi connectivity index (χ3v) is 3.31. The van der Waals surface area contributed by atoms with Gasteiger partial charge < -0.3 is 5.32 Å². The highest BCUT2D eigenvalue weighted by Gasteiger charge is 2.20. The van der Waals surface area contributed by atoms with E-state index in [9.17, 15) is 13.2 Å². The maximum absolute atomic E-state index is 13.7. The van der Waals surface area contributed by atoms with Gasteiger partial charge in [-0.3, -0.25) is 4.98 Å². The first-order valence-corrected chi connectivity index (χ1v) is 6.46. The number of hydrogen-bond donors (Lipinski definition) is 1. The molecular formula is C15H13F3N2. The molecule has 1 aliphatic carbocycles. The SMILES string of the molecule is Fc1ccc(-c2cncc(CNC3CC3)c2)c(F)c1F. The van der Waals surface area contributed by atoms with Crippen LogP contribution in [0, 0.1) is 17.5 Å². The van der Waals surface area contributed by atoms with Gasteiger partial charge in [-0.05, 0) is 36.6 Å². The number of benzene rings is 1. The predicted octanol–water partition coefficient (Wildman–Crippen LogP) is 3.42. The topological polar surface area (TPSA) is 24.9 Å². The highest BCUT2D eigenvalue weighted by molar-refractivity contribution is 5.64. The van der Waals surface area contributed by atoms with Gasteiger partial charge in [0.2, 0.25) is 0 Å². The summed E-state index contributed by atoms with van der Waals surface area (Å²) in [6, 6.07) is 4.43. The maximum Gasteiger partial charge on any atom is 0.195 e. The Hall–Kier alpha value is -1.88. The molecule has 20 heavy (non-hydrogen) atoms. The monoisotopic (exact) mass is 278 g/mol. The Morgan fingerprint density at radius 1 is 1.10 bits per heavy atom. The normalized spacial score (nSPS) is 14.6. The molecule has 1 heterocycles. The zero-order chi connectivity index (χ0) is 14.1. The van der Waals surface area contributed by atoms with E-state index in [1.807, 2.05) is 0 Å². The minimum absolute atomic E-state index is 0.0182. The summed E-state index contributed by atoms with van der Waals surface area (Å²) in [5.74, 6) is -3.83. The number of nitrogens with zero attached hydrogens (tertiary/aromatic N) is 1. The van der Waals surface area contributed by atoms with Crippen molar-refractivity contribution in [3.8, 4) is 11.1 Å². The average Bonchev–Trinajstić information content (AvgIpc) is 3.27. The van der Waals surface area contributed by atoms with Crippen LogP contribution in [0.15, 0.2) is 30.6 Å². The van der Waals surface area contributed by atoms with Crippen molar-refractivity contribution in [2.75, 3.05) is 0 Å². The molecule has 3 rings (SSSR count). The van der Waals surface area contributed by atoms with Crippen LogP contribution in [-0.4, -0.2) is 11.0 Å². The Balaban J connectivity index is 1.89. The molecule has 1 N–H and O–H groups in total. The molecule has 0 bridgehead atoms. The lowest BCUT2D eigenvalue weighted by Crippen LogP contribution is -2.15. The van der Waals surface area contributed by atoms with Crippen LogP contribution in [0.1, 0.15) is 18.4 Å². The van der Waals surface area contributed by atoms with Gasteiger partial charge in [-0.25, -0.2) is 13.2 Å². The van der Waals surface area contributed by atoms with Crippen LogP contribution in [0.25, 0.3) is 11.1 Å². The number of aromatic nitrogens is 1. The summed E-state index contributed by atoms with van der Waals surface area (Å²) in [5.41, 5.74) is 1.35. The minimum atomic E-state index is -1.45. The Bertz CT molecular complexity index is 639. The molecule has 1 fully saturated rings. The Kier molecular flexibility index (Phi) is 3.44. The third kappa shape index (κ3) is 2.67. The van der Waals surface area contributed by atoms with Gasteiger partial charge in [0.15, 0.2) is 17.5 Å². The minimum Gasteiger partial charge on any atom is -0.310 e. The molecule has 104 valence electrons. The van der Waals surface area contributed by atoms with Crippen molar-refractivity contribution in [3.63, 3.8) is 0 Å². The van der Waals surface area contributed by atoms with Crippen LogP contribution in [0.3, 0.4) is 0 Å². The molecule has 1 aliphatic rings. The van der Waals surface area contributed by atoms with Gasteiger partial charge in [0.1, 0.15) is 0 Å². The van der Waals surface area contributed by atoms with Gasteiger partial charge in [0.25, 0.3) is 0 Å². The number of pyridine rings is 1. The molecule has 0 unspecified atom stereocenters. The van der Waals surface area contributed by atoms with Crippen molar-refractivity contribution in [2.45, 2.75) is 25.4 Å². The van der Waals surface area contributed by atoms with Gasteiger partial charge in [0.05, 0.1) is 0 Å². The lowest BCUT2D eigenvalue weighted by Gasteiger charge is -2.07. The highest BCUT2D eigenvalue weighted by Crippen LogP contribution is 2.26. The molecule has 0 saturated heterocycles. The molecule has 1 aromatic heterocycles. The molecule has 0 aliphatic heterocycles. The van der Waals surface area contributed by atoms with E-state index in [-0.39, 0.29) is 5.56 Å². The quantitative estimate of drug-likeness (QED) is 0.867. The summed E-state index contributed by atoms with van der Waals surface area (Å²) < 4.78 is 39.9. The summed E-state index contributed by atoms with van der Waals surface area (Å²) >= 11 is 0. The fourth-order valence-electron chi connectivity index (χ4n) is 2.03. The van der Waals surface area contributed by atoms with Crippen molar-refractivity contribution in [1.82, 2.24) is 10.3 Å². The van der Waals surface area contributed by atoms with Crippen molar-refractivity contribution in [1.29, 1.82) is 0 Å². The summed E-state index contributed by atoms with van der Waals surface area (Å²) in [6.07, 6.45) is 5.46. The van der Waals surface area contributed by atoms with Crippen molar-refractivity contribution in [3.05, 3.63) is 53.6 Å². The maximum atomic E-state index is 13.7. The first-order chi connectivity index (χ1) is 9.65. The van der Waals surface area contributed by atoms with Gasteiger partial charge in [-0.1, -0.05) is 0 Å². The molecule has 2 nitrogen and oxygen atoms in total. The van der Waals surface area contributed by atoms with E-state index in [0.717, 1.165) is 11.6 Å². The lowest BCUT2D eigenvalue weighted by atomic mass is 10.0. The fourth-order valence-corrected chi connectivity index (χ4v) is 2.03. The zero-order valence-electron chi connectivity index (χ0n) is 10.7. The second-order valence-electron chi connectivity index (χ2n) is 4.96. The van der Waals surface area contributed by atoms with Crippen LogP contribution < -0.4 is 5.32 Å². The molecule has 0 amide bonds. The number of rotatable bonds is 4. The lowest BCUT2D eigenvalue weighted by molar-refractivity contribution is 0.449. The Labute approximate surface area is 114 Å². The molecule has 0 spiro atoms. The van der Waals surface area contributed by atoms with E-state index in [1.165, 1.54) is 25.1 Å². The smallest absolute Gasteiger partial charge is 0.195 e. The first-order valence-electron chi connectivity index (χ1n) is 6.46. The molecule has 1 saturated carbocycles. The summed E-state index contributed by atoms with van der Waals surface area (Å²) in [6.45, 7) is 0.636. The molecule has 0 atom stereocenters. The summed E-state index contributed by atoms with van der Waals surface area (Å²) in [7, 11) is 0. The molecular weight excluding hydrogens is 265 g/mol. The number of halogens is 3. The average molecular weight is 278 g/mol. The van der Waals surface area contributed by atoms with Crippen molar-refractivity contribution < 1.29 is 13.2 Å². The van der Waals surface area contributed by atoms with Crippen molar-refractivity contribution >= 4 is 0 Å². The molecule has 2 aromatic rings. The first kappa shape index (κ1) is 13.1. The van der Waals surface area contributed by atoms with Crippen LogP contribution >= 0.6 is 0 Å². The van der Waals surface area contributed by atoms with Crippen LogP contribution in [0.4, 0.5) is 13.2 Å². The van der Waals surface area contributed by atoms with E-state index < -0.39 is 17.5 Å². The second kappa shape index (κ2) is 5.25. The third-order valence-electron chi connectivity index (χ3n) is 3.31. The molecule has 5 heteroatoms. The Morgan fingerprint density at radius 2 is 1.90 bits per heavy atom. The van der Waals surface area contributed by atoms with Gasteiger partial charge >= 0.3 is 0 Å². The standard InChI is InChI=1S/C15H13F3N2/c16-13-4-3-12(14(17)15(13)18)10-5-9(6-19-8-10)7-20-11-1-2-11/h3-6,8,11,20H,1-2,7H2. The largest absolute Gasteiger partial charge is 0.310 e. The van der Waals surface area contributed by atoms with Crippen LogP contribution in [-0.2, 0) is 6.54 Å².